The first-order valence-corrected chi connectivity index (χ1v) is 15.0. The quantitative estimate of drug-likeness (QED) is 0.240. The number of aromatic nitrogens is 3. The lowest BCUT2D eigenvalue weighted by molar-refractivity contribution is -0.0722. The van der Waals surface area contributed by atoms with Crippen LogP contribution in [0.5, 0.6) is 17.2 Å². The van der Waals surface area contributed by atoms with Crippen molar-refractivity contribution in [2.24, 2.45) is 0 Å². The Kier molecular flexibility index (Phi) is 6.18. The van der Waals surface area contributed by atoms with Crippen molar-refractivity contribution in [1.29, 1.82) is 0 Å². The molecule has 1 unspecified atom stereocenters. The first-order valence-electron chi connectivity index (χ1n) is 17.1. The van der Waals surface area contributed by atoms with E-state index in [2.05, 4.69) is 16.0 Å². The summed E-state index contributed by atoms with van der Waals surface area (Å²) in [5.74, 6) is -0.394. The van der Waals surface area contributed by atoms with E-state index in [0.29, 0.717) is 53.3 Å². The molecule has 4 aromatic rings. The smallest absolute Gasteiger partial charge is 0.335 e. The lowest BCUT2D eigenvalue weighted by atomic mass is 9.88. The molecule has 0 saturated carbocycles. The average molecular weight is 624 g/mol. The first-order chi connectivity index (χ1) is 23.2. The number of halogens is 1. The molecule has 2 atom stereocenters. The molecule has 2 saturated heterocycles. The molecular formula is C33H35ClN4O6. The zero-order chi connectivity index (χ0) is 34.7. The monoisotopic (exact) mass is 623 g/mol. The van der Waals surface area contributed by atoms with Crippen LogP contribution in [0.4, 0.5) is 0 Å². The van der Waals surface area contributed by atoms with Crippen molar-refractivity contribution in [2.75, 3.05) is 26.3 Å². The predicted octanol–water partition coefficient (Wildman–Crippen LogP) is 5.99. The van der Waals surface area contributed by atoms with Gasteiger partial charge in [0.05, 0.1) is 44.6 Å². The first kappa shape index (κ1) is 23.5. The van der Waals surface area contributed by atoms with Gasteiger partial charge >= 0.3 is 5.97 Å². The Hall–Kier alpha value is -3.86. The van der Waals surface area contributed by atoms with Crippen LogP contribution in [0.3, 0.4) is 0 Å². The normalized spacial score (nSPS) is 24.1. The predicted molar refractivity (Wildman–Crippen MR) is 164 cm³/mol. The van der Waals surface area contributed by atoms with Gasteiger partial charge in [0.25, 0.3) is 5.79 Å². The van der Waals surface area contributed by atoms with E-state index in [4.69, 9.17) is 42.4 Å². The van der Waals surface area contributed by atoms with E-state index in [1.54, 1.807) is 18.3 Å². The molecule has 44 heavy (non-hydrogen) atoms. The van der Waals surface area contributed by atoms with Gasteiger partial charge < -0.3 is 28.6 Å². The number of carboxylic acid groups (broad SMARTS) is 1. The van der Waals surface area contributed by atoms with E-state index in [1.807, 2.05) is 23.6 Å². The number of imidazole rings is 1. The number of carbonyl (C=O) groups is 1. The highest BCUT2D eigenvalue weighted by Crippen LogP contribution is 2.49. The molecule has 0 spiro atoms. The molecular weight excluding hydrogens is 584 g/mol. The van der Waals surface area contributed by atoms with Gasteiger partial charge in [0.2, 0.25) is 0 Å². The second kappa shape index (κ2) is 11.6. The van der Waals surface area contributed by atoms with E-state index >= 15 is 0 Å². The van der Waals surface area contributed by atoms with Gasteiger partial charge in [-0.25, -0.2) is 9.78 Å². The summed E-state index contributed by atoms with van der Waals surface area (Å²) in [6, 6.07) is 12.1. The summed E-state index contributed by atoms with van der Waals surface area (Å²) in [7, 11) is 0. The van der Waals surface area contributed by atoms with Gasteiger partial charge in [-0.3, -0.25) is 9.88 Å². The van der Waals surface area contributed by atoms with Crippen LogP contribution in [0.2, 0.25) is 5.02 Å². The number of para-hydroxylation sites is 1. The van der Waals surface area contributed by atoms with Crippen LogP contribution >= 0.6 is 11.6 Å². The lowest BCUT2D eigenvalue weighted by Gasteiger charge is -2.33. The number of aromatic carboxylic acids is 1. The fraction of sp³-hybridized carbons (Fsp3) is 0.424. The van der Waals surface area contributed by atoms with E-state index in [1.165, 1.54) is 6.07 Å². The Bertz CT molecular complexity index is 1890. The largest absolute Gasteiger partial charge is 0.492 e. The van der Waals surface area contributed by atoms with Gasteiger partial charge in [-0.15, -0.1) is 0 Å². The fourth-order valence-corrected chi connectivity index (χ4v) is 6.38. The molecule has 11 heteroatoms. The van der Waals surface area contributed by atoms with E-state index < -0.39 is 25.2 Å². The van der Waals surface area contributed by atoms with Gasteiger partial charge in [-0.2, -0.15) is 0 Å². The fourth-order valence-electron chi connectivity index (χ4n) is 6.27. The second-order valence-electron chi connectivity index (χ2n) is 11.5. The summed E-state index contributed by atoms with van der Waals surface area (Å²) < 4.78 is 64.6. The summed E-state index contributed by atoms with van der Waals surface area (Å²) in [6.07, 6.45) is 3.96. The van der Waals surface area contributed by atoms with Crippen molar-refractivity contribution in [3.8, 4) is 17.2 Å². The minimum absolute atomic E-state index is 0.0929. The van der Waals surface area contributed by atoms with E-state index in [9.17, 15) is 9.90 Å². The summed E-state index contributed by atoms with van der Waals surface area (Å²) in [4.78, 5) is 23.6. The topological polar surface area (TPSA) is 108 Å². The number of fused-ring (bicyclic) bond motifs is 2. The van der Waals surface area contributed by atoms with E-state index in [-0.39, 0.29) is 28.9 Å². The highest BCUT2D eigenvalue weighted by Gasteiger charge is 2.42. The van der Waals surface area contributed by atoms with Crippen molar-refractivity contribution in [2.45, 2.75) is 63.9 Å². The molecule has 1 N–H and O–H groups in total. The number of pyridine rings is 1. The zero-order valence-electron chi connectivity index (χ0n) is 29.1. The molecule has 2 aromatic carbocycles. The summed E-state index contributed by atoms with van der Waals surface area (Å²) in [5, 5.41) is 10.4. The van der Waals surface area contributed by atoms with Gasteiger partial charge in [-0.1, -0.05) is 23.7 Å². The molecule has 2 fully saturated rings. The van der Waals surface area contributed by atoms with Gasteiger partial charge in [0.1, 0.15) is 22.8 Å². The molecule has 230 valence electrons. The second-order valence-corrected chi connectivity index (χ2v) is 11.9. The minimum atomic E-state index is -3.12. The van der Waals surface area contributed by atoms with Gasteiger partial charge in [-0.05, 0) is 75.5 Å². The number of nitrogens with zero attached hydrogens (tertiary/aromatic N) is 4. The third kappa shape index (κ3) is 5.35. The maximum absolute atomic E-state index is 12.1. The molecule has 2 aromatic heterocycles. The number of hydrogen-bond donors (Lipinski definition) is 1. The van der Waals surface area contributed by atoms with Crippen LogP contribution in [0.15, 0.2) is 48.7 Å². The number of rotatable bonds is 9. The van der Waals surface area contributed by atoms with Gasteiger partial charge in [0, 0.05) is 29.4 Å². The molecule has 10 nitrogen and oxygen atoms in total. The molecule has 0 aliphatic carbocycles. The number of benzene rings is 2. The summed E-state index contributed by atoms with van der Waals surface area (Å²) >= 11 is 6.05. The van der Waals surface area contributed by atoms with Crippen LogP contribution in [0.1, 0.15) is 73.2 Å². The van der Waals surface area contributed by atoms with Crippen LogP contribution in [0, 0.1) is 0 Å². The zero-order valence-corrected chi connectivity index (χ0v) is 24.8. The van der Waals surface area contributed by atoms with Crippen molar-refractivity contribution in [1.82, 2.24) is 19.4 Å². The minimum Gasteiger partial charge on any atom is -0.492 e. The maximum Gasteiger partial charge on any atom is 0.335 e. The Morgan fingerprint density at radius 2 is 2.07 bits per heavy atom. The maximum atomic E-state index is 12.1. The average Bonchev–Trinajstić information content (AvgIpc) is 3.56. The molecule has 3 aliphatic rings. The number of piperidine rings is 1. The Balaban J connectivity index is 1.13. The highest BCUT2D eigenvalue weighted by atomic mass is 35.5. The SMILES string of the molecule is [2H]C([2H])([2H])C([2H])([2H])Oc1cc(C(=O)O)cc2c1nc(CN1CCC(c3cccc4c3OC(C)(c3ccc(Cl)cn3)O4)CC1)n2C[C@@H]1CCO1. The standard InChI is InChI=1S/C33H35ClN4O6/c1-3-41-27-16-21(32(39)40)15-25-30(27)36-29(38(25)18-23-11-14-42-23)19-37-12-9-20(10-13-37)24-5-4-6-26-31(24)44-33(2,43-26)28-8-7-22(34)17-35-28/h4-8,15-17,20,23H,3,9-14,18-19H2,1-2H3,(H,39,40)/t23-,33?/m0/s1/i1D3,3D2. The van der Waals surface area contributed by atoms with E-state index in [0.717, 1.165) is 44.0 Å². The third-order valence-electron chi connectivity index (χ3n) is 8.68. The molecule has 0 amide bonds. The summed E-state index contributed by atoms with van der Waals surface area (Å²) in [5.41, 5.74) is 2.11. The van der Waals surface area contributed by atoms with Crippen molar-refractivity contribution < 1.29 is 35.7 Å². The number of likely N-dealkylation sites (tertiary alicyclic amines) is 1. The molecule has 7 rings (SSSR count). The summed E-state index contributed by atoms with van der Waals surface area (Å²) in [6.45, 7) is -1.42. The van der Waals surface area contributed by atoms with Crippen LogP contribution in [-0.2, 0) is 23.6 Å². The Labute approximate surface area is 267 Å². The molecule has 5 heterocycles. The molecule has 0 radical (unpaired) electrons. The van der Waals surface area contributed by atoms with Crippen LogP contribution in [-0.4, -0.2) is 62.9 Å². The van der Waals surface area contributed by atoms with Crippen molar-refractivity contribution >= 4 is 28.6 Å². The van der Waals surface area contributed by atoms with Crippen LogP contribution in [0.25, 0.3) is 11.0 Å². The molecule has 3 aliphatic heterocycles. The van der Waals surface area contributed by atoms with Crippen molar-refractivity contribution in [3.63, 3.8) is 0 Å². The number of carboxylic acids is 1. The number of ether oxygens (including phenoxy) is 4. The highest BCUT2D eigenvalue weighted by molar-refractivity contribution is 6.30. The van der Waals surface area contributed by atoms with Crippen molar-refractivity contribution in [3.05, 3.63) is 76.3 Å². The Morgan fingerprint density at radius 1 is 1.23 bits per heavy atom. The Morgan fingerprint density at radius 3 is 2.77 bits per heavy atom. The molecule has 0 bridgehead atoms. The van der Waals surface area contributed by atoms with Gasteiger partial charge in [0.15, 0.2) is 11.5 Å². The number of hydrogen-bond acceptors (Lipinski definition) is 8. The third-order valence-corrected chi connectivity index (χ3v) is 8.91. The lowest BCUT2D eigenvalue weighted by Crippen LogP contribution is -2.35. The van der Waals surface area contributed by atoms with Crippen LogP contribution < -0.4 is 14.2 Å².